The summed E-state index contributed by atoms with van der Waals surface area (Å²) in [6, 6.07) is 4.48. The van der Waals surface area contributed by atoms with Crippen molar-refractivity contribution in [2.75, 3.05) is 0 Å². The number of hydrogen-bond acceptors (Lipinski definition) is 2. The molecule has 72 valence electrons. The van der Waals surface area contributed by atoms with E-state index in [0.717, 1.165) is 0 Å². The maximum Gasteiger partial charge on any atom is 0.371 e. The van der Waals surface area contributed by atoms with Gasteiger partial charge in [0.1, 0.15) is 0 Å². The SMILES string of the molecule is O=C(O)c1cc2cc(Cl)cc(Cl)c2o1. The number of aromatic carboxylic acids is 1. The Balaban J connectivity index is 2.76. The summed E-state index contributed by atoms with van der Waals surface area (Å²) < 4.78 is 5.03. The number of fused-ring (bicyclic) bond motifs is 1. The van der Waals surface area contributed by atoms with Crippen LogP contribution in [0.15, 0.2) is 22.6 Å². The summed E-state index contributed by atoms with van der Waals surface area (Å²) in [6.07, 6.45) is 0. The van der Waals surface area contributed by atoms with Crippen LogP contribution in [-0.2, 0) is 0 Å². The van der Waals surface area contributed by atoms with Crippen LogP contribution >= 0.6 is 23.2 Å². The van der Waals surface area contributed by atoms with E-state index in [2.05, 4.69) is 0 Å². The Kier molecular flexibility index (Phi) is 2.13. The molecule has 0 atom stereocenters. The van der Waals surface area contributed by atoms with Gasteiger partial charge in [0.2, 0.25) is 5.76 Å². The lowest BCUT2D eigenvalue weighted by Gasteiger charge is -1.92. The Labute approximate surface area is 88.8 Å². The minimum absolute atomic E-state index is 0.149. The van der Waals surface area contributed by atoms with Crippen molar-refractivity contribution in [1.29, 1.82) is 0 Å². The largest absolute Gasteiger partial charge is 0.475 e. The molecule has 0 radical (unpaired) electrons. The lowest BCUT2D eigenvalue weighted by atomic mass is 10.2. The minimum atomic E-state index is -1.13. The van der Waals surface area contributed by atoms with Crippen LogP contribution in [0.4, 0.5) is 0 Å². The third-order valence-corrected chi connectivity index (χ3v) is 2.25. The van der Waals surface area contributed by atoms with Gasteiger partial charge in [0.15, 0.2) is 5.58 Å². The lowest BCUT2D eigenvalue weighted by molar-refractivity contribution is 0.0665. The molecule has 0 aliphatic carbocycles. The summed E-state index contributed by atoms with van der Waals surface area (Å²) in [4.78, 5) is 10.6. The standard InChI is InChI=1S/C9H4Cl2O3/c10-5-1-4-2-7(9(12)13)14-8(4)6(11)3-5/h1-3H,(H,12,13). The topological polar surface area (TPSA) is 50.4 Å². The van der Waals surface area contributed by atoms with Crippen LogP contribution in [-0.4, -0.2) is 11.1 Å². The monoisotopic (exact) mass is 230 g/mol. The molecular formula is C9H4Cl2O3. The molecule has 0 aliphatic heterocycles. The second-order valence-corrected chi connectivity index (χ2v) is 3.57. The van der Waals surface area contributed by atoms with E-state index < -0.39 is 5.97 Å². The number of carboxylic acids is 1. The quantitative estimate of drug-likeness (QED) is 0.817. The lowest BCUT2D eigenvalue weighted by Crippen LogP contribution is -1.91. The van der Waals surface area contributed by atoms with Crippen molar-refractivity contribution in [3.63, 3.8) is 0 Å². The first kappa shape index (κ1) is 9.37. The highest BCUT2D eigenvalue weighted by molar-refractivity contribution is 6.38. The highest BCUT2D eigenvalue weighted by Crippen LogP contribution is 2.30. The van der Waals surface area contributed by atoms with Crippen molar-refractivity contribution in [2.45, 2.75) is 0 Å². The van der Waals surface area contributed by atoms with Gasteiger partial charge >= 0.3 is 5.97 Å². The van der Waals surface area contributed by atoms with Gasteiger partial charge in [-0.05, 0) is 18.2 Å². The van der Waals surface area contributed by atoms with E-state index in [0.29, 0.717) is 21.0 Å². The Bertz CT molecular complexity index is 516. The predicted molar refractivity (Wildman–Crippen MR) is 53.2 cm³/mol. The Morgan fingerprint density at radius 1 is 1.29 bits per heavy atom. The van der Waals surface area contributed by atoms with Gasteiger partial charge in [0, 0.05) is 10.4 Å². The van der Waals surface area contributed by atoms with Crippen molar-refractivity contribution >= 4 is 40.1 Å². The van der Waals surface area contributed by atoms with Gasteiger partial charge in [-0.1, -0.05) is 23.2 Å². The number of carboxylic acid groups (broad SMARTS) is 1. The number of hydrogen-bond donors (Lipinski definition) is 1. The second-order valence-electron chi connectivity index (χ2n) is 2.72. The van der Waals surface area contributed by atoms with E-state index in [1.165, 1.54) is 12.1 Å². The highest BCUT2D eigenvalue weighted by atomic mass is 35.5. The van der Waals surface area contributed by atoms with Crippen molar-refractivity contribution in [1.82, 2.24) is 0 Å². The average Bonchev–Trinajstić information content (AvgIpc) is 2.47. The van der Waals surface area contributed by atoms with Crippen LogP contribution in [0.25, 0.3) is 11.0 Å². The molecule has 0 amide bonds. The summed E-state index contributed by atoms with van der Waals surface area (Å²) in [6.45, 7) is 0. The van der Waals surface area contributed by atoms with Crippen LogP contribution in [0.2, 0.25) is 10.0 Å². The third kappa shape index (κ3) is 1.45. The number of benzene rings is 1. The molecule has 0 fully saturated rings. The van der Waals surface area contributed by atoms with E-state index in [1.54, 1.807) is 6.07 Å². The summed E-state index contributed by atoms with van der Waals surface area (Å²) in [7, 11) is 0. The van der Waals surface area contributed by atoms with E-state index in [-0.39, 0.29) is 5.76 Å². The van der Waals surface area contributed by atoms with E-state index >= 15 is 0 Å². The molecule has 2 aromatic rings. The number of halogens is 2. The molecular weight excluding hydrogens is 227 g/mol. The van der Waals surface area contributed by atoms with Gasteiger partial charge in [-0.15, -0.1) is 0 Å². The van der Waals surface area contributed by atoms with E-state index in [4.69, 9.17) is 32.7 Å². The third-order valence-electron chi connectivity index (χ3n) is 1.75. The average molecular weight is 231 g/mol. The normalized spacial score (nSPS) is 10.7. The van der Waals surface area contributed by atoms with Gasteiger partial charge in [-0.25, -0.2) is 4.79 Å². The molecule has 14 heavy (non-hydrogen) atoms. The summed E-state index contributed by atoms with van der Waals surface area (Å²) >= 11 is 11.5. The molecule has 1 aromatic heterocycles. The zero-order valence-corrected chi connectivity index (χ0v) is 8.26. The molecule has 0 bridgehead atoms. The van der Waals surface area contributed by atoms with E-state index in [1.807, 2.05) is 0 Å². The highest BCUT2D eigenvalue weighted by Gasteiger charge is 2.13. The van der Waals surface area contributed by atoms with Gasteiger partial charge in [0.25, 0.3) is 0 Å². The predicted octanol–water partition coefficient (Wildman–Crippen LogP) is 3.44. The first-order chi connectivity index (χ1) is 6.58. The molecule has 0 saturated heterocycles. The molecule has 1 aromatic carbocycles. The smallest absolute Gasteiger partial charge is 0.371 e. The van der Waals surface area contributed by atoms with Crippen LogP contribution < -0.4 is 0 Å². The fraction of sp³-hybridized carbons (Fsp3) is 0. The summed E-state index contributed by atoms with van der Waals surface area (Å²) in [5.41, 5.74) is 0.341. The maximum atomic E-state index is 10.6. The maximum absolute atomic E-state index is 10.6. The first-order valence-electron chi connectivity index (χ1n) is 3.70. The van der Waals surface area contributed by atoms with Gasteiger partial charge < -0.3 is 9.52 Å². The molecule has 1 heterocycles. The second kappa shape index (κ2) is 3.19. The molecule has 0 aliphatic rings. The Morgan fingerprint density at radius 3 is 2.64 bits per heavy atom. The molecule has 0 spiro atoms. The van der Waals surface area contributed by atoms with Crippen molar-refractivity contribution < 1.29 is 14.3 Å². The zero-order valence-electron chi connectivity index (χ0n) is 6.75. The van der Waals surface area contributed by atoms with Crippen molar-refractivity contribution in [3.8, 4) is 0 Å². The fourth-order valence-corrected chi connectivity index (χ4v) is 1.73. The Hall–Kier alpha value is -1.19. The zero-order chi connectivity index (χ0) is 10.3. The van der Waals surface area contributed by atoms with Gasteiger partial charge in [0.05, 0.1) is 5.02 Å². The van der Waals surface area contributed by atoms with Crippen LogP contribution in [0.5, 0.6) is 0 Å². The van der Waals surface area contributed by atoms with Gasteiger partial charge in [-0.3, -0.25) is 0 Å². The number of carbonyl (C=O) groups is 1. The number of furan rings is 1. The van der Waals surface area contributed by atoms with E-state index in [9.17, 15) is 4.79 Å². The Morgan fingerprint density at radius 2 is 2.00 bits per heavy atom. The molecule has 2 rings (SSSR count). The summed E-state index contributed by atoms with van der Waals surface area (Å²) in [5, 5.41) is 10.0. The van der Waals surface area contributed by atoms with Crippen LogP contribution in [0.3, 0.4) is 0 Å². The van der Waals surface area contributed by atoms with Crippen molar-refractivity contribution in [2.24, 2.45) is 0 Å². The fourth-order valence-electron chi connectivity index (χ4n) is 1.18. The first-order valence-corrected chi connectivity index (χ1v) is 4.45. The number of rotatable bonds is 1. The molecule has 1 N–H and O–H groups in total. The molecule has 3 nitrogen and oxygen atoms in total. The molecule has 5 heteroatoms. The van der Waals surface area contributed by atoms with Crippen LogP contribution in [0.1, 0.15) is 10.6 Å². The molecule has 0 unspecified atom stereocenters. The minimum Gasteiger partial charge on any atom is -0.475 e. The summed E-state index contributed by atoms with van der Waals surface area (Å²) in [5.74, 6) is -1.28. The van der Waals surface area contributed by atoms with Crippen molar-refractivity contribution in [3.05, 3.63) is 34.0 Å². The molecule has 0 saturated carbocycles. The van der Waals surface area contributed by atoms with Crippen LogP contribution in [0, 0.1) is 0 Å². The van der Waals surface area contributed by atoms with Gasteiger partial charge in [-0.2, -0.15) is 0 Å².